The summed E-state index contributed by atoms with van der Waals surface area (Å²) in [6.07, 6.45) is 0. The third-order valence-electron chi connectivity index (χ3n) is 5.40. The number of carbonyl (C=O) groups is 1. The SMILES string of the molecule is CCOc1cc(-c2ccc(C(=O)O)c3[nH]c(C)nc23)ccc1-c1ccccc1-c1nnn[nH]1. The van der Waals surface area contributed by atoms with Gasteiger partial charge in [0.05, 0.1) is 23.2 Å². The Hall–Kier alpha value is -4.53. The number of hydrogen-bond acceptors (Lipinski definition) is 6. The van der Waals surface area contributed by atoms with Crippen molar-refractivity contribution in [2.75, 3.05) is 6.61 Å². The van der Waals surface area contributed by atoms with E-state index in [4.69, 9.17) is 4.74 Å². The van der Waals surface area contributed by atoms with Gasteiger partial charge in [-0.2, -0.15) is 0 Å². The van der Waals surface area contributed by atoms with Crippen LogP contribution in [-0.4, -0.2) is 48.3 Å². The van der Waals surface area contributed by atoms with Gasteiger partial charge < -0.3 is 14.8 Å². The van der Waals surface area contributed by atoms with Crippen molar-refractivity contribution in [1.29, 1.82) is 0 Å². The van der Waals surface area contributed by atoms with Crippen LogP contribution in [0.15, 0.2) is 54.6 Å². The number of H-pyrrole nitrogens is 2. The Kier molecular flexibility index (Phi) is 5.06. The predicted octanol–water partition coefficient (Wildman–Crippen LogP) is 4.48. The van der Waals surface area contributed by atoms with Crippen molar-refractivity contribution in [3.05, 3.63) is 66.0 Å². The third kappa shape index (κ3) is 3.59. The highest BCUT2D eigenvalue weighted by atomic mass is 16.5. The van der Waals surface area contributed by atoms with Gasteiger partial charge in [-0.25, -0.2) is 14.9 Å². The van der Waals surface area contributed by atoms with Gasteiger partial charge in [0.1, 0.15) is 11.6 Å². The molecular formula is C24H20N6O3. The second-order valence-electron chi connectivity index (χ2n) is 7.45. The molecule has 0 bridgehead atoms. The lowest BCUT2D eigenvalue weighted by molar-refractivity contribution is 0.0699. The molecule has 0 unspecified atom stereocenters. The second-order valence-corrected chi connectivity index (χ2v) is 7.45. The number of benzene rings is 3. The first-order valence-electron chi connectivity index (χ1n) is 10.4. The normalized spacial score (nSPS) is 11.1. The molecule has 9 nitrogen and oxygen atoms in total. The van der Waals surface area contributed by atoms with E-state index >= 15 is 0 Å². The first-order valence-corrected chi connectivity index (χ1v) is 10.4. The first kappa shape index (κ1) is 20.4. The van der Waals surface area contributed by atoms with E-state index in [9.17, 15) is 9.90 Å². The molecule has 2 heterocycles. The van der Waals surface area contributed by atoms with E-state index < -0.39 is 5.97 Å². The number of carboxylic acid groups (broad SMARTS) is 1. The van der Waals surface area contributed by atoms with E-state index in [-0.39, 0.29) is 5.56 Å². The number of nitrogens with zero attached hydrogens (tertiary/aromatic N) is 4. The molecule has 3 N–H and O–H groups in total. The van der Waals surface area contributed by atoms with Crippen LogP contribution in [-0.2, 0) is 0 Å². The van der Waals surface area contributed by atoms with Crippen LogP contribution >= 0.6 is 0 Å². The average molecular weight is 440 g/mol. The molecule has 0 aliphatic rings. The molecular weight excluding hydrogens is 420 g/mol. The van der Waals surface area contributed by atoms with Gasteiger partial charge in [-0.15, -0.1) is 5.10 Å². The fourth-order valence-corrected chi connectivity index (χ4v) is 4.01. The van der Waals surface area contributed by atoms with Crippen LogP contribution in [0.25, 0.3) is 44.7 Å². The maximum absolute atomic E-state index is 11.7. The molecule has 0 aliphatic heterocycles. The molecule has 0 saturated heterocycles. The number of aromatic nitrogens is 6. The van der Waals surface area contributed by atoms with Crippen molar-refractivity contribution in [3.63, 3.8) is 0 Å². The van der Waals surface area contributed by atoms with E-state index in [0.29, 0.717) is 35.0 Å². The van der Waals surface area contributed by atoms with Gasteiger partial charge >= 0.3 is 5.97 Å². The van der Waals surface area contributed by atoms with Crippen molar-refractivity contribution in [1.82, 2.24) is 30.6 Å². The number of nitrogens with one attached hydrogen (secondary N) is 2. The minimum Gasteiger partial charge on any atom is -0.493 e. The van der Waals surface area contributed by atoms with Gasteiger partial charge in [-0.1, -0.05) is 42.5 Å². The van der Waals surface area contributed by atoms with Gasteiger partial charge in [0.15, 0.2) is 5.82 Å². The Morgan fingerprint density at radius 1 is 1.03 bits per heavy atom. The van der Waals surface area contributed by atoms with Crippen LogP contribution < -0.4 is 4.74 Å². The molecule has 5 aromatic rings. The lowest BCUT2D eigenvalue weighted by Gasteiger charge is -2.15. The van der Waals surface area contributed by atoms with Gasteiger partial charge in [0, 0.05) is 16.7 Å². The van der Waals surface area contributed by atoms with Crippen LogP contribution in [0.4, 0.5) is 0 Å². The largest absolute Gasteiger partial charge is 0.493 e. The molecule has 0 fully saturated rings. The summed E-state index contributed by atoms with van der Waals surface area (Å²) >= 11 is 0. The number of aryl methyl sites for hydroxylation is 1. The molecule has 9 heteroatoms. The summed E-state index contributed by atoms with van der Waals surface area (Å²) in [5.74, 6) is 0.906. The molecule has 0 spiro atoms. The topological polar surface area (TPSA) is 130 Å². The maximum atomic E-state index is 11.7. The third-order valence-corrected chi connectivity index (χ3v) is 5.40. The molecule has 3 aromatic carbocycles. The smallest absolute Gasteiger partial charge is 0.337 e. The van der Waals surface area contributed by atoms with E-state index in [1.165, 1.54) is 0 Å². The van der Waals surface area contributed by atoms with Crippen LogP contribution in [0.1, 0.15) is 23.1 Å². The van der Waals surface area contributed by atoms with Crippen LogP contribution in [0, 0.1) is 6.92 Å². The van der Waals surface area contributed by atoms with Gasteiger partial charge in [0.25, 0.3) is 0 Å². The summed E-state index contributed by atoms with van der Waals surface area (Å²) in [6, 6.07) is 17.1. The zero-order valence-electron chi connectivity index (χ0n) is 18.0. The molecule has 0 atom stereocenters. The Bertz CT molecular complexity index is 1470. The molecule has 0 radical (unpaired) electrons. The highest BCUT2D eigenvalue weighted by Gasteiger charge is 2.19. The van der Waals surface area contributed by atoms with E-state index in [1.54, 1.807) is 19.1 Å². The van der Waals surface area contributed by atoms with Crippen molar-refractivity contribution >= 4 is 17.0 Å². The number of carboxylic acids is 1. The average Bonchev–Trinajstić information content (AvgIpc) is 3.48. The first-order chi connectivity index (χ1) is 16.1. The molecule has 2 aromatic heterocycles. The summed E-state index contributed by atoms with van der Waals surface area (Å²) in [5.41, 5.74) is 5.66. The second kappa shape index (κ2) is 8.19. The summed E-state index contributed by atoms with van der Waals surface area (Å²) < 4.78 is 6.02. The summed E-state index contributed by atoms with van der Waals surface area (Å²) in [7, 11) is 0. The monoisotopic (exact) mass is 440 g/mol. The molecule has 164 valence electrons. The van der Waals surface area contributed by atoms with E-state index in [2.05, 4.69) is 30.6 Å². The Balaban J connectivity index is 1.68. The number of imidazole rings is 1. The molecule has 0 aliphatic carbocycles. The highest BCUT2D eigenvalue weighted by Crippen LogP contribution is 2.40. The van der Waals surface area contributed by atoms with Crippen molar-refractivity contribution in [2.24, 2.45) is 0 Å². The Morgan fingerprint density at radius 3 is 2.55 bits per heavy atom. The van der Waals surface area contributed by atoms with Crippen LogP contribution in [0.2, 0.25) is 0 Å². The number of aromatic amines is 2. The van der Waals surface area contributed by atoms with Gasteiger partial charge in [-0.05, 0) is 47.5 Å². The number of hydrogen-bond donors (Lipinski definition) is 3. The highest BCUT2D eigenvalue weighted by molar-refractivity contribution is 6.06. The summed E-state index contributed by atoms with van der Waals surface area (Å²) in [4.78, 5) is 19.3. The lowest BCUT2D eigenvalue weighted by atomic mass is 9.94. The molecule has 0 saturated carbocycles. The van der Waals surface area contributed by atoms with E-state index in [0.717, 1.165) is 27.8 Å². The standard InChI is InChI=1S/C24H20N6O3/c1-3-33-20-12-14(15-10-11-19(24(31)32)22-21(15)25-13(2)26-22)8-9-17(20)16-6-4-5-7-18(16)23-27-29-30-28-23/h4-12H,3H2,1-2H3,(H,25,26)(H,31,32)(H,27,28,29,30). The lowest BCUT2D eigenvalue weighted by Crippen LogP contribution is -1.99. The molecule has 33 heavy (non-hydrogen) atoms. The van der Waals surface area contributed by atoms with E-state index in [1.807, 2.05) is 49.4 Å². The zero-order chi connectivity index (χ0) is 22.9. The minimum atomic E-state index is -1.00. The summed E-state index contributed by atoms with van der Waals surface area (Å²) in [6.45, 7) is 4.22. The predicted molar refractivity (Wildman–Crippen MR) is 123 cm³/mol. The fourth-order valence-electron chi connectivity index (χ4n) is 4.01. The number of rotatable bonds is 6. The van der Waals surface area contributed by atoms with Gasteiger partial charge in [0.2, 0.25) is 0 Å². The van der Waals surface area contributed by atoms with Crippen molar-refractivity contribution in [2.45, 2.75) is 13.8 Å². The van der Waals surface area contributed by atoms with Crippen LogP contribution in [0.3, 0.4) is 0 Å². The quantitative estimate of drug-likeness (QED) is 0.355. The fraction of sp³-hybridized carbons (Fsp3) is 0.125. The number of ether oxygens (including phenoxy) is 1. The maximum Gasteiger partial charge on any atom is 0.337 e. The number of aromatic carboxylic acids is 1. The Labute approximate surface area is 188 Å². The van der Waals surface area contributed by atoms with Crippen LogP contribution in [0.5, 0.6) is 5.75 Å². The number of tetrazole rings is 1. The summed E-state index contributed by atoms with van der Waals surface area (Å²) in [5, 5.41) is 23.8. The van der Waals surface area contributed by atoms with Gasteiger partial charge in [-0.3, -0.25) is 0 Å². The number of fused-ring (bicyclic) bond motifs is 1. The molecule has 0 amide bonds. The van der Waals surface area contributed by atoms with Crippen molar-refractivity contribution < 1.29 is 14.6 Å². The van der Waals surface area contributed by atoms with Crippen molar-refractivity contribution in [3.8, 4) is 39.4 Å². The minimum absolute atomic E-state index is 0.186. The zero-order valence-corrected chi connectivity index (χ0v) is 18.0. The molecule has 5 rings (SSSR count). The Morgan fingerprint density at radius 2 is 1.82 bits per heavy atom.